The maximum atomic E-state index is 11.1. The molecule has 0 fully saturated rings. The number of H-pyrrole nitrogens is 1. The van der Waals surface area contributed by atoms with E-state index in [9.17, 15) is 4.79 Å². The Morgan fingerprint density at radius 1 is 1.71 bits per heavy atom. The highest BCUT2D eigenvalue weighted by Gasteiger charge is 1.93. The Morgan fingerprint density at radius 3 is 3.21 bits per heavy atom. The van der Waals surface area contributed by atoms with Gasteiger partial charge in [0.05, 0.1) is 18.2 Å². The van der Waals surface area contributed by atoms with E-state index in [1.165, 1.54) is 6.08 Å². The molecule has 5 heteroatoms. The van der Waals surface area contributed by atoms with Crippen molar-refractivity contribution in [3.05, 3.63) is 24.3 Å². The molecule has 5 nitrogen and oxygen atoms in total. The van der Waals surface area contributed by atoms with Gasteiger partial charge in [0.25, 0.3) is 0 Å². The summed E-state index contributed by atoms with van der Waals surface area (Å²) in [6, 6.07) is 0. The summed E-state index contributed by atoms with van der Waals surface area (Å²) in [6.45, 7) is 1.20. The number of aromatic nitrogens is 2. The van der Waals surface area contributed by atoms with Crippen molar-refractivity contribution in [1.82, 2.24) is 15.3 Å². The molecule has 0 bridgehead atoms. The second-order valence-corrected chi connectivity index (χ2v) is 2.77. The van der Waals surface area contributed by atoms with Gasteiger partial charge in [-0.3, -0.25) is 4.79 Å². The summed E-state index contributed by atoms with van der Waals surface area (Å²) in [5, 5.41) is 2.71. The molecule has 1 aromatic rings. The van der Waals surface area contributed by atoms with Gasteiger partial charge in [-0.05, 0) is 19.0 Å². The van der Waals surface area contributed by atoms with Gasteiger partial charge < -0.3 is 16.0 Å². The Morgan fingerprint density at radius 2 is 2.57 bits per heavy atom. The van der Waals surface area contributed by atoms with Crippen molar-refractivity contribution in [2.75, 3.05) is 13.1 Å². The van der Waals surface area contributed by atoms with E-state index < -0.39 is 0 Å². The minimum absolute atomic E-state index is 0.118. The number of carbonyl (C=O) groups is 1. The van der Waals surface area contributed by atoms with Crippen LogP contribution in [0.25, 0.3) is 6.08 Å². The van der Waals surface area contributed by atoms with Crippen LogP contribution in [0.4, 0.5) is 0 Å². The monoisotopic (exact) mass is 194 g/mol. The van der Waals surface area contributed by atoms with E-state index in [-0.39, 0.29) is 5.91 Å². The number of nitrogens with zero attached hydrogens (tertiary/aromatic N) is 1. The summed E-state index contributed by atoms with van der Waals surface area (Å²) in [5.74, 6) is -0.118. The highest BCUT2D eigenvalue weighted by atomic mass is 16.1. The first-order chi connectivity index (χ1) is 6.83. The van der Waals surface area contributed by atoms with Crippen molar-refractivity contribution < 1.29 is 4.79 Å². The Balaban J connectivity index is 2.26. The van der Waals surface area contributed by atoms with Gasteiger partial charge in [0.1, 0.15) is 0 Å². The number of nitrogens with two attached hydrogens (primary N) is 1. The molecule has 0 aromatic carbocycles. The number of nitrogens with one attached hydrogen (secondary N) is 2. The summed E-state index contributed by atoms with van der Waals surface area (Å²) < 4.78 is 0. The Kier molecular flexibility index (Phi) is 4.43. The van der Waals surface area contributed by atoms with Crippen LogP contribution < -0.4 is 11.1 Å². The number of amides is 1. The van der Waals surface area contributed by atoms with E-state index in [1.807, 2.05) is 0 Å². The van der Waals surface area contributed by atoms with Gasteiger partial charge in [-0.15, -0.1) is 0 Å². The molecule has 1 amide bonds. The van der Waals surface area contributed by atoms with E-state index >= 15 is 0 Å². The maximum Gasteiger partial charge on any atom is 0.244 e. The highest BCUT2D eigenvalue weighted by molar-refractivity contribution is 5.91. The standard InChI is InChI=1S/C9H14N4O/c10-4-1-5-12-9(14)3-2-8-6-11-7-13-8/h2-3,6-7H,1,4-5,10H2,(H,11,13)(H,12,14)/b3-2+. The molecule has 0 aliphatic carbocycles. The normalized spacial score (nSPS) is 10.6. The number of aromatic amines is 1. The zero-order valence-electron chi connectivity index (χ0n) is 7.86. The van der Waals surface area contributed by atoms with Crippen LogP contribution in [-0.4, -0.2) is 29.0 Å². The van der Waals surface area contributed by atoms with Crippen LogP contribution in [0.15, 0.2) is 18.6 Å². The quantitative estimate of drug-likeness (QED) is 0.451. The zero-order chi connectivity index (χ0) is 10.2. The van der Waals surface area contributed by atoms with Crippen LogP contribution in [-0.2, 0) is 4.79 Å². The average molecular weight is 194 g/mol. The first kappa shape index (κ1) is 10.5. The summed E-state index contributed by atoms with van der Waals surface area (Å²) in [7, 11) is 0. The van der Waals surface area contributed by atoms with Crippen LogP contribution in [0.2, 0.25) is 0 Å². The van der Waals surface area contributed by atoms with E-state index in [0.717, 1.165) is 12.1 Å². The van der Waals surface area contributed by atoms with Gasteiger partial charge in [-0.25, -0.2) is 4.98 Å². The van der Waals surface area contributed by atoms with E-state index in [4.69, 9.17) is 5.73 Å². The third-order valence-electron chi connectivity index (χ3n) is 1.61. The second-order valence-electron chi connectivity index (χ2n) is 2.77. The van der Waals surface area contributed by atoms with Gasteiger partial charge in [0.2, 0.25) is 5.91 Å². The van der Waals surface area contributed by atoms with Crippen molar-refractivity contribution in [3.8, 4) is 0 Å². The van der Waals surface area contributed by atoms with Crippen LogP contribution in [0, 0.1) is 0 Å². The molecule has 0 saturated carbocycles. The predicted octanol–water partition coefficient (Wildman–Crippen LogP) is -0.112. The molecule has 76 valence electrons. The molecule has 0 aliphatic heterocycles. The molecule has 0 aliphatic rings. The van der Waals surface area contributed by atoms with Gasteiger partial charge >= 0.3 is 0 Å². The fourth-order valence-electron chi connectivity index (χ4n) is 0.896. The molecule has 1 rings (SSSR count). The zero-order valence-corrected chi connectivity index (χ0v) is 7.86. The molecule has 1 heterocycles. The Labute approximate surface area is 82.4 Å². The fraction of sp³-hybridized carbons (Fsp3) is 0.333. The van der Waals surface area contributed by atoms with Crippen LogP contribution in [0.3, 0.4) is 0 Å². The minimum Gasteiger partial charge on any atom is -0.353 e. The third kappa shape index (κ3) is 3.86. The fourth-order valence-corrected chi connectivity index (χ4v) is 0.896. The minimum atomic E-state index is -0.118. The van der Waals surface area contributed by atoms with Crippen LogP contribution in [0.5, 0.6) is 0 Å². The molecule has 0 radical (unpaired) electrons. The van der Waals surface area contributed by atoms with Crippen LogP contribution >= 0.6 is 0 Å². The molecule has 1 aromatic heterocycles. The first-order valence-corrected chi connectivity index (χ1v) is 4.47. The molecule has 4 N–H and O–H groups in total. The van der Waals surface area contributed by atoms with Crippen LogP contribution in [0.1, 0.15) is 12.1 Å². The molecule has 0 unspecified atom stereocenters. The number of hydrogen-bond acceptors (Lipinski definition) is 3. The average Bonchev–Trinajstić information content (AvgIpc) is 2.68. The second kappa shape index (κ2) is 5.93. The lowest BCUT2D eigenvalue weighted by molar-refractivity contribution is -0.116. The van der Waals surface area contributed by atoms with Crippen molar-refractivity contribution in [2.24, 2.45) is 5.73 Å². The predicted molar refractivity (Wildman–Crippen MR) is 54.3 cm³/mol. The molecule has 0 atom stereocenters. The summed E-state index contributed by atoms with van der Waals surface area (Å²) in [6.07, 6.45) is 7.13. The lowest BCUT2D eigenvalue weighted by Crippen LogP contribution is -2.23. The van der Waals surface area contributed by atoms with Crippen molar-refractivity contribution in [3.63, 3.8) is 0 Å². The van der Waals surface area contributed by atoms with E-state index in [0.29, 0.717) is 13.1 Å². The van der Waals surface area contributed by atoms with Gasteiger partial charge in [-0.1, -0.05) is 0 Å². The number of rotatable bonds is 5. The van der Waals surface area contributed by atoms with Gasteiger partial charge in [0.15, 0.2) is 0 Å². The topological polar surface area (TPSA) is 83.8 Å². The Hall–Kier alpha value is -1.62. The number of imidazole rings is 1. The molecular weight excluding hydrogens is 180 g/mol. The largest absolute Gasteiger partial charge is 0.353 e. The van der Waals surface area contributed by atoms with Crippen molar-refractivity contribution in [2.45, 2.75) is 6.42 Å². The number of carbonyl (C=O) groups excluding carboxylic acids is 1. The molecular formula is C9H14N4O. The smallest absolute Gasteiger partial charge is 0.244 e. The maximum absolute atomic E-state index is 11.1. The third-order valence-corrected chi connectivity index (χ3v) is 1.61. The molecule has 0 saturated heterocycles. The Bertz CT molecular complexity index is 292. The first-order valence-electron chi connectivity index (χ1n) is 4.47. The van der Waals surface area contributed by atoms with Gasteiger partial charge in [-0.2, -0.15) is 0 Å². The summed E-state index contributed by atoms with van der Waals surface area (Å²) in [5.41, 5.74) is 6.09. The highest BCUT2D eigenvalue weighted by Crippen LogP contribution is 1.93. The van der Waals surface area contributed by atoms with Gasteiger partial charge in [0, 0.05) is 12.6 Å². The number of hydrogen-bond donors (Lipinski definition) is 3. The SMILES string of the molecule is NCCCNC(=O)/C=C/c1cnc[nH]1. The van der Waals surface area contributed by atoms with E-state index in [1.54, 1.807) is 18.6 Å². The lowest BCUT2D eigenvalue weighted by atomic mass is 10.3. The lowest BCUT2D eigenvalue weighted by Gasteiger charge is -1.98. The van der Waals surface area contributed by atoms with Crippen molar-refractivity contribution >= 4 is 12.0 Å². The molecule has 0 spiro atoms. The summed E-state index contributed by atoms with van der Waals surface area (Å²) >= 11 is 0. The van der Waals surface area contributed by atoms with Crippen molar-refractivity contribution in [1.29, 1.82) is 0 Å². The molecule has 14 heavy (non-hydrogen) atoms. The summed E-state index contributed by atoms with van der Waals surface area (Å²) in [4.78, 5) is 17.8. The van der Waals surface area contributed by atoms with E-state index in [2.05, 4.69) is 15.3 Å².